The molecule has 0 radical (unpaired) electrons. The maximum absolute atomic E-state index is 13.3. The summed E-state index contributed by atoms with van der Waals surface area (Å²) in [5.41, 5.74) is 6.45. The highest BCUT2D eigenvalue weighted by atomic mass is 16.2. The normalized spacial score (nSPS) is 11.1. The summed E-state index contributed by atoms with van der Waals surface area (Å²) in [5, 5.41) is 11.4. The molecule has 0 bridgehead atoms. The van der Waals surface area contributed by atoms with Crippen molar-refractivity contribution in [1.82, 2.24) is 9.97 Å². The van der Waals surface area contributed by atoms with E-state index in [1.807, 2.05) is 72.8 Å². The molecule has 0 aliphatic carbocycles. The second-order valence-electron chi connectivity index (χ2n) is 12.4. The van der Waals surface area contributed by atoms with Crippen LogP contribution in [0.25, 0.3) is 34.6 Å². The lowest BCUT2D eigenvalue weighted by molar-refractivity contribution is -0.112. The first kappa shape index (κ1) is 35.5. The number of imidazole rings is 1. The van der Waals surface area contributed by atoms with Gasteiger partial charge in [0.05, 0.1) is 33.5 Å². The van der Waals surface area contributed by atoms with Crippen LogP contribution in [0.2, 0.25) is 0 Å². The Balaban J connectivity index is 0.984. The van der Waals surface area contributed by atoms with Gasteiger partial charge in [0.2, 0.25) is 11.8 Å². The van der Waals surface area contributed by atoms with Gasteiger partial charge in [-0.15, -0.1) is 0 Å². The van der Waals surface area contributed by atoms with Gasteiger partial charge in [-0.05, 0) is 90.0 Å². The lowest BCUT2D eigenvalue weighted by Crippen LogP contribution is -2.17. The number of hydrogen-bond donors (Lipinski definition) is 5. The molecule has 10 nitrogen and oxygen atoms in total. The first-order valence-electron chi connectivity index (χ1n) is 17.4. The van der Waals surface area contributed by atoms with Gasteiger partial charge in [-0.1, -0.05) is 84.9 Å². The zero-order valence-corrected chi connectivity index (χ0v) is 29.3. The minimum absolute atomic E-state index is 0.311. The third-order valence-electron chi connectivity index (χ3n) is 8.47. The zero-order valence-electron chi connectivity index (χ0n) is 29.3. The van der Waals surface area contributed by atoms with Gasteiger partial charge in [0.25, 0.3) is 11.8 Å². The van der Waals surface area contributed by atoms with Gasteiger partial charge < -0.3 is 26.3 Å². The molecule has 0 unspecified atom stereocenters. The first-order chi connectivity index (χ1) is 26.9. The van der Waals surface area contributed by atoms with Gasteiger partial charge in [0, 0.05) is 29.1 Å². The summed E-state index contributed by atoms with van der Waals surface area (Å²) >= 11 is 0. The van der Waals surface area contributed by atoms with E-state index in [0.29, 0.717) is 50.7 Å². The summed E-state index contributed by atoms with van der Waals surface area (Å²) in [7, 11) is 0. The van der Waals surface area contributed by atoms with E-state index in [2.05, 4.69) is 26.3 Å². The number of para-hydroxylation sites is 2. The molecule has 268 valence electrons. The summed E-state index contributed by atoms with van der Waals surface area (Å²) in [5.74, 6) is -0.870. The van der Waals surface area contributed by atoms with Crippen LogP contribution < -0.4 is 21.3 Å². The molecule has 0 aliphatic rings. The number of aromatic nitrogens is 2. The Morgan fingerprint density at radius 3 is 1.51 bits per heavy atom. The smallest absolute Gasteiger partial charge is 0.257 e. The lowest BCUT2D eigenvalue weighted by atomic mass is 10.1. The summed E-state index contributed by atoms with van der Waals surface area (Å²) in [6, 6.07) is 45.1. The van der Waals surface area contributed by atoms with Gasteiger partial charge in [0.1, 0.15) is 5.82 Å². The van der Waals surface area contributed by atoms with Gasteiger partial charge in [-0.3, -0.25) is 19.2 Å². The van der Waals surface area contributed by atoms with Crippen molar-refractivity contribution in [2.75, 3.05) is 21.3 Å². The Labute approximate surface area is 316 Å². The summed E-state index contributed by atoms with van der Waals surface area (Å²) in [6.45, 7) is 0. The standard InChI is InChI=1S/C45H34N6O4/c52-41(27-19-30-11-3-1-4-12-30)48-37-17-9-7-15-35(37)44(54)46-33-23-21-32(22-24-33)43-50-39-26-25-34(29-40(39)51-43)47-45(55)36-16-8-10-18-38(36)49-42(53)28-20-31-13-5-2-6-14-31/h1-29H,(H,46,54)(H,47,55)(H,48,52)(H,49,53)(H,50,51)/b27-19+,28-20+. The number of amides is 4. The largest absolute Gasteiger partial charge is 0.338 e. The minimum Gasteiger partial charge on any atom is -0.338 e. The lowest BCUT2D eigenvalue weighted by Gasteiger charge is -2.11. The molecule has 1 aromatic heterocycles. The molecule has 1 heterocycles. The zero-order chi connectivity index (χ0) is 38.0. The third-order valence-corrected chi connectivity index (χ3v) is 8.47. The van der Waals surface area contributed by atoms with Crippen LogP contribution in [0.5, 0.6) is 0 Å². The number of carbonyl (C=O) groups is 4. The number of anilines is 4. The number of H-pyrrole nitrogens is 1. The Morgan fingerprint density at radius 2 is 0.964 bits per heavy atom. The Morgan fingerprint density at radius 1 is 0.491 bits per heavy atom. The highest BCUT2D eigenvalue weighted by Gasteiger charge is 2.15. The minimum atomic E-state index is -0.385. The number of fused-ring (bicyclic) bond motifs is 1. The molecule has 55 heavy (non-hydrogen) atoms. The molecule has 0 saturated carbocycles. The molecule has 0 spiro atoms. The first-order valence-corrected chi connectivity index (χ1v) is 17.4. The number of aromatic amines is 1. The number of carbonyl (C=O) groups excluding carboxylic acids is 4. The quantitative estimate of drug-likeness (QED) is 0.0847. The van der Waals surface area contributed by atoms with Crippen LogP contribution in [0.1, 0.15) is 31.8 Å². The van der Waals surface area contributed by atoms with Crippen molar-refractivity contribution < 1.29 is 19.2 Å². The fourth-order valence-corrected chi connectivity index (χ4v) is 5.73. The van der Waals surface area contributed by atoms with Crippen molar-refractivity contribution in [3.8, 4) is 11.4 Å². The fraction of sp³-hybridized carbons (Fsp3) is 0. The van der Waals surface area contributed by atoms with Gasteiger partial charge in [0.15, 0.2) is 0 Å². The van der Waals surface area contributed by atoms with E-state index in [0.717, 1.165) is 16.7 Å². The molecular weight excluding hydrogens is 689 g/mol. The summed E-state index contributed by atoms with van der Waals surface area (Å²) in [6.07, 6.45) is 6.26. The molecule has 7 aromatic rings. The summed E-state index contributed by atoms with van der Waals surface area (Å²) < 4.78 is 0. The fourth-order valence-electron chi connectivity index (χ4n) is 5.73. The van der Waals surface area contributed by atoms with E-state index < -0.39 is 0 Å². The molecule has 6 aromatic carbocycles. The molecule has 4 amide bonds. The molecular formula is C45H34N6O4. The third kappa shape index (κ3) is 9.15. The van der Waals surface area contributed by atoms with Crippen LogP contribution >= 0.6 is 0 Å². The molecule has 10 heteroatoms. The van der Waals surface area contributed by atoms with E-state index in [-0.39, 0.29) is 23.6 Å². The average molecular weight is 723 g/mol. The number of benzene rings is 6. The maximum Gasteiger partial charge on any atom is 0.257 e. The van der Waals surface area contributed by atoms with E-state index in [1.165, 1.54) is 12.2 Å². The topological polar surface area (TPSA) is 145 Å². The second-order valence-corrected chi connectivity index (χ2v) is 12.4. The Hall–Kier alpha value is -7.85. The molecule has 0 aliphatic heterocycles. The average Bonchev–Trinajstić information content (AvgIpc) is 3.64. The number of hydrogen-bond acceptors (Lipinski definition) is 5. The van der Waals surface area contributed by atoms with Crippen LogP contribution in [0, 0.1) is 0 Å². The van der Waals surface area contributed by atoms with Crippen LogP contribution in [-0.4, -0.2) is 33.6 Å². The van der Waals surface area contributed by atoms with Crippen molar-refractivity contribution in [1.29, 1.82) is 0 Å². The van der Waals surface area contributed by atoms with E-state index >= 15 is 0 Å². The monoisotopic (exact) mass is 722 g/mol. The van der Waals surface area contributed by atoms with E-state index in [4.69, 9.17) is 4.98 Å². The molecule has 5 N–H and O–H groups in total. The predicted octanol–water partition coefficient (Wildman–Crippen LogP) is 9.04. The van der Waals surface area contributed by atoms with Crippen LogP contribution in [0.15, 0.2) is 164 Å². The summed E-state index contributed by atoms with van der Waals surface area (Å²) in [4.78, 5) is 59.8. The van der Waals surface area contributed by atoms with Crippen LogP contribution in [0.3, 0.4) is 0 Å². The SMILES string of the molecule is O=C(/C=C/c1ccccc1)Nc1ccccc1C(=O)Nc1ccc(-c2nc3ccc(NC(=O)c4ccccc4NC(=O)/C=C/c4ccccc4)cc3[nH]2)cc1. The highest BCUT2D eigenvalue weighted by Crippen LogP contribution is 2.26. The molecule has 0 saturated heterocycles. The molecule has 0 atom stereocenters. The number of nitrogens with zero attached hydrogens (tertiary/aromatic N) is 1. The van der Waals surface area contributed by atoms with E-state index in [1.54, 1.807) is 91.0 Å². The number of rotatable bonds is 11. The van der Waals surface area contributed by atoms with Crippen molar-refractivity contribution in [2.24, 2.45) is 0 Å². The van der Waals surface area contributed by atoms with Crippen LogP contribution in [-0.2, 0) is 9.59 Å². The predicted molar refractivity (Wildman–Crippen MR) is 219 cm³/mol. The van der Waals surface area contributed by atoms with Gasteiger partial charge in [-0.2, -0.15) is 0 Å². The van der Waals surface area contributed by atoms with Crippen molar-refractivity contribution in [3.63, 3.8) is 0 Å². The van der Waals surface area contributed by atoms with Gasteiger partial charge in [-0.25, -0.2) is 4.98 Å². The van der Waals surface area contributed by atoms with Crippen LogP contribution in [0.4, 0.5) is 22.7 Å². The highest BCUT2D eigenvalue weighted by molar-refractivity contribution is 6.13. The second kappa shape index (κ2) is 16.7. The number of nitrogens with one attached hydrogen (secondary N) is 5. The van der Waals surface area contributed by atoms with Crippen molar-refractivity contribution in [2.45, 2.75) is 0 Å². The maximum atomic E-state index is 13.3. The molecule has 0 fully saturated rings. The van der Waals surface area contributed by atoms with Crippen molar-refractivity contribution >= 4 is 69.6 Å². The Bertz CT molecular complexity index is 2560. The van der Waals surface area contributed by atoms with Crippen molar-refractivity contribution in [3.05, 3.63) is 186 Å². The Kier molecular flexibility index (Phi) is 10.8. The van der Waals surface area contributed by atoms with Gasteiger partial charge >= 0.3 is 0 Å². The van der Waals surface area contributed by atoms with E-state index in [9.17, 15) is 19.2 Å². The molecule has 7 rings (SSSR count).